The fourth-order valence-corrected chi connectivity index (χ4v) is 3.65. The van der Waals surface area contributed by atoms with Crippen LogP contribution in [-0.4, -0.2) is 54.3 Å². The Balaban J connectivity index is 1.56. The molecule has 2 amide bonds. The van der Waals surface area contributed by atoms with Gasteiger partial charge in [-0.3, -0.25) is 9.59 Å². The summed E-state index contributed by atoms with van der Waals surface area (Å²) in [4.78, 5) is 28.8. The molecule has 1 aromatic rings. The van der Waals surface area contributed by atoms with Crippen LogP contribution in [0.4, 0.5) is 0 Å². The Hall–Kier alpha value is -1.88. The topological polar surface area (TPSA) is 52.7 Å². The van der Waals surface area contributed by atoms with Gasteiger partial charge in [-0.1, -0.05) is 29.8 Å². The quantitative estimate of drug-likeness (QED) is 0.912. The number of aryl methyl sites for hydroxylation is 1. The van der Waals surface area contributed by atoms with E-state index in [0.717, 1.165) is 31.5 Å². The number of amides is 2. The zero-order valence-corrected chi connectivity index (χ0v) is 14.6. The van der Waals surface area contributed by atoms with Crippen molar-refractivity contribution >= 4 is 11.8 Å². The second-order valence-corrected chi connectivity index (χ2v) is 7.05. The maximum Gasteiger partial charge on any atom is 0.227 e. The molecule has 1 aromatic carbocycles. The highest BCUT2D eigenvalue weighted by Gasteiger charge is 2.37. The van der Waals surface area contributed by atoms with Crippen molar-refractivity contribution in [1.29, 1.82) is 0 Å². The second-order valence-electron chi connectivity index (χ2n) is 7.05. The molecule has 0 aromatic heterocycles. The largest absolute Gasteiger partial charge is 0.342 e. The van der Waals surface area contributed by atoms with Crippen molar-refractivity contribution in [3.63, 3.8) is 0 Å². The van der Waals surface area contributed by atoms with Crippen molar-refractivity contribution in [2.45, 2.75) is 38.8 Å². The number of hydrogen-bond acceptors (Lipinski definition) is 3. The van der Waals surface area contributed by atoms with E-state index in [1.165, 1.54) is 5.56 Å². The summed E-state index contributed by atoms with van der Waals surface area (Å²) in [6.45, 7) is 4.80. The molecule has 5 nitrogen and oxygen atoms in total. The summed E-state index contributed by atoms with van der Waals surface area (Å²) >= 11 is 0. The van der Waals surface area contributed by atoms with Gasteiger partial charge in [0, 0.05) is 38.6 Å². The highest BCUT2D eigenvalue weighted by atomic mass is 16.2. The maximum atomic E-state index is 12.7. The summed E-state index contributed by atoms with van der Waals surface area (Å²) < 4.78 is 0. The smallest absolute Gasteiger partial charge is 0.227 e. The molecule has 3 rings (SSSR count). The predicted molar refractivity (Wildman–Crippen MR) is 93.4 cm³/mol. The third-order valence-electron chi connectivity index (χ3n) is 5.27. The first-order chi connectivity index (χ1) is 11.6. The first-order valence-electron chi connectivity index (χ1n) is 8.86. The third kappa shape index (κ3) is 3.78. The van der Waals surface area contributed by atoms with Crippen molar-refractivity contribution in [3.05, 3.63) is 35.4 Å². The first kappa shape index (κ1) is 17.0. The number of hydrogen-bond donors (Lipinski definition) is 1. The lowest BCUT2D eigenvalue weighted by molar-refractivity contribution is -0.136. The molecule has 2 saturated heterocycles. The fourth-order valence-electron chi connectivity index (χ4n) is 3.65. The van der Waals surface area contributed by atoms with Gasteiger partial charge in [0.25, 0.3) is 0 Å². The predicted octanol–water partition coefficient (Wildman–Crippen LogP) is 1.55. The van der Waals surface area contributed by atoms with Crippen LogP contribution >= 0.6 is 0 Å². The molecule has 0 radical (unpaired) electrons. The molecule has 2 heterocycles. The van der Waals surface area contributed by atoms with Gasteiger partial charge in [0.1, 0.15) is 0 Å². The number of benzene rings is 1. The number of likely N-dealkylation sites (tertiary alicyclic amines) is 2. The van der Waals surface area contributed by atoms with Gasteiger partial charge in [-0.2, -0.15) is 0 Å². The Kier molecular flexibility index (Phi) is 5.19. The summed E-state index contributed by atoms with van der Waals surface area (Å²) in [7, 11) is 1.97. The van der Waals surface area contributed by atoms with Gasteiger partial charge < -0.3 is 15.1 Å². The van der Waals surface area contributed by atoms with Gasteiger partial charge in [-0.15, -0.1) is 0 Å². The van der Waals surface area contributed by atoms with E-state index in [1.807, 2.05) is 16.8 Å². The summed E-state index contributed by atoms with van der Waals surface area (Å²) in [5.41, 5.74) is 2.33. The lowest BCUT2D eigenvalue weighted by atomic mass is 10.0. The lowest BCUT2D eigenvalue weighted by Gasteiger charge is -2.33. The minimum atomic E-state index is -0.172. The highest BCUT2D eigenvalue weighted by Crippen LogP contribution is 2.24. The summed E-state index contributed by atoms with van der Waals surface area (Å²) in [6.07, 6.45) is 2.35. The van der Waals surface area contributed by atoms with Gasteiger partial charge in [0.05, 0.1) is 5.92 Å². The molecule has 130 valence electrons. The third-order valence-corrected chi connectivity index (χ3v) is 5.27. The van der Waals surface area contributed by atoms with Crippen LogP contribution < -0.4 is 5.32 Å². The minimum absolute atomic E-state index is 0.0963. The normalized spacial score (nSPS) is 22.2. The molecular formula is C19H27N3O2. The van der Waals surface area contributed by atoms with Crippen molar-refractivity contribution in [2.75, 3.05) is 26.7 Å². The van der Waals surface area contributed by atoms with Gasteiger partial charge in [0.15, 0.2) is 0 Å². The molecule has 0 aliphatic carbocycles. The standard InChI is InChI=1S/C19H27N3O2/c1-14-3-5-15(6-4-14)12-22-13-16(11-18(22)23)19(24)21-9-7-17(20-2)8-10-21/h3-6,16-17,20H,7-13H2,1-2H3. The van der Waals surface area contributed by atoms with E-state index in [1.54, 1.807) is 0 Å². The second kappa shape index (κ2) is 7.34. The Morgan fingerprint density at radius 2 is 1.88 bits per heavy atom. The molecule has 0 bridgehead atoms. The monoisotopic (exact) mass is 329 g/mol. The lowest BCUT2D eigenvalue weighted by Crippen LogP contribution is -2.46. The van der Waals surface area contributed by atoms with Crippen molar-refractivity contribution in [2.24, 2.45) is 5.92 Å². The maximum absolute atomic E-state index is 12.7. The van der Waals surface area contributed by atoms with E-state index >= 15 is 0 Å². The summed E-state index contributed by atoms with van der Waals surface area (Å²) in [5.74, 6) is 0.0810. The zero-order valence-electron chi connectivity index (χ0n) is 14.6. The molecule has 2 aliphatic rings. The number of piperidine rings is 1. The number of nitrogens with zero attached hydrogens (tertiary/aromatic N) is 2. The van der Waals surface area contributed by atoms with Crippen molar-refractivity contribution in [3.8, 4) is 0 Å². The van der Waals surface area contributed by atoms with Crippen LogP contribution in [0.5, 0.6) is 0 Å². The number of nitrogens with one attached hydrogen (secondary N) is 1. The fraction of sp³-hybridized carbons (Fsp3) is 0.579. The average molecular weight is 329 g/mol. The Bertz CT molecular complexity index is 591. The van der Waals surface area contributed by atoms with E-state index in [9.17, 15) is 9.59 Å². The summed E-state index contributed by atoms with van der Waals surface area (Å²) in [6, 6.07) is 8.74. The van der Waals surface area contributed by atoms with Crippen LogP contribution in [-0.2, 0) is 16.1 Å². The van der Waals surface area contributed by atoms with Crippen molar-refractivity contribution in [1.82, 2.24) is 15.1 Å². The molecule has 5 heteroatoms. The van der Waals surface area contributed by atoms with Crippen LogP contribution in [0, 0.1) is 12.8 Å². The van der Waals surface area contributed by atoms with E-state index < -0.39 is 0 Å². The van der Waals surface area contributed by atoms with Crippen LogP contribution in [0.15, 0.2) is 24.3 Å². The first-order valence-corrected chi connectivity index (χ1v) is 8.86. The van der Waals surface area contributed by atoms with Crippen LogP contribution in [0.3, 0.4) is 0 Å². The van der Waals surface area contributed by atoms with Crippen LogP contribution in [0.1, 0.15) is 30.4 Å². The van der Waals surface area contributed by atoms with Gasteiger partial charge >= 0.3 is 0 Å². The van der Waals surface area contributed by atoms with Crippen LogP contribution in [0.2, 0.25) is 0 Å². The average Bonchev–Trinajstić information content (AvgIpc) is 2.97. The van der Waals surface area contributed by atoms with E-state index in [2.05, 4.69) is 36.5 Å². The molecule has 1 unspecified atom stereocenters. The van der Waals surface area contributed by atoms with E-state index in [4.69, 9.17) is 0 Å². The van der Waals surface area contributed by atoms with Gasteiger partial charge in [-0.05, 0) is 32.4 Å². The summed E-state index contributed by atoms with van der Waals surface area (Å²) in [5, 5.41) is 3.28. The SMILES string of the molecule is CNC1CCN(C(=O)C2CC(=O)N(Cc3ccc(C)cc3)C2)CC1. The minimum Gasteiger partial charge on any atom is -0.342 e. The molecule has 1 atom stereocenters. The molecule has 2 aliphatic heterocycles. The van der Waals surface area contributed by atoms with E-state index in [0.29, 0.717) is 25.6 Å². The number of rotatable bonds is 4. The number of carbonyl (C=O) groups excluding carboxylic acids is 2. The molecule has 2 fully saturated rings. The number of carbonyl (C=O) groups is 2. The molecule has 1 N–H and O–H groups in total. The zero-order chi connectivity index (χ0) is 17.1. The van der Waals surface area contributed by atoms with Crippen molar-refractivity contribution < 1.29 is 9.59 Å². The Labute approximate surface area is 144 Å². The molecule has 0 spiro atoms. The highest BCUT2D eigenvalue weighted by molar-refractivity contribution is 5.89. The van der Waals surface area contributed by atoms with Crippen LogP contribution in [0.25, 0.3) is 0 Å². The van der Waals surface area contributed by atoms with Gasteiger partial charge in [0.2, 0.25) is 11.8 Å². The Morgan fingerprint density at radius 3 is 2.50 bits per heavy atom. The molecular weight excluding hydrogens is 302 g/mol. The van der Waals surface area contributed by atoms with E-state index in [-0.39, 0.29) is 17.7 Å². The molecule has 24 heavy (non-hydrogen) atoms. The van der Waals surface area contributed by atoms with Gasteiger partial charge in [-0.25, -0.2) is 0 Å². The Morgan fingerprint density at radius 1 is 1.21 bits per heavy atom. The molecule has 0 saturated carbocycles.